The Labute approximate surface area is 133 Å². The number of rotatable bonds is 4. The molecule has 120 valence electrons. The molecule has 4 amide bonds. The first-order valence-electron chi connectivity index (χ1n) is 7.57. The van der Waals surface area contributed by atoms with Crippen molar-refractivity contribution >= 4 is 23.6 Å². The molecular formula is C16H17N3O4. The third kappa shape index (κ3) is 2.94. The normalized spacial score (nSPS) is 16.7. The molecule has 1 saturated heterocycles. The first-order valence-corrected chi connectivity index (χ1v) is 7.57. The molecule has 7 heteroatoms. The van der Waals surface area contributed by atoms with Gasteiger partial charge in [0.05, 0.1) is 17.7 Å². The molecule has 2 aliphatic rings. The molecule has 1 aromatic carbocycles. The van der Waals surface area contributed by atoms with E-state index in [1.807, 2.05) is 0 Å². The molecule has 7 nitrogen and oxygen atoms in total. The van der Waals surface area contributed by atoms with Crippen LogP contribution in [0.2, 0.25) is 0 Å². The maximum atomic E-state index is 12.1. The number of hydrogen-bond donors (Lipinski definition) is 1. The number of nitrogens with zero attached hydrogens (tertiary/aromatic N) is 2. The van der Waals surface area contributed by atoms with E-state index in [4.69, 9.17) is 0 Å². The lowest BCUT2D eigenvalue weighted by Crippen LogP contribution is -2.44. The van der Waals surface area contributed by atoms with Gasteiger partial charge in [-0.2, -0.15) is 0 Å². The van der Waals surface area contributed by atoms with E-state index in [1.54, 1.807) is 29.2 Å². The fourth-order valence-electron chi connectivity index (χ4n) is 2.83. The van der Waals surface area contributed by atoms with E-state index in [0.717, 1.165) is 17.7 Å². The van der Waals surface area contributed by atoms with E-state index in [9.17, 15) is 19.2 Å². The number of carbonyl (C=O) groups is 4. The number of carbonyl (C=O) groups excluding carboxylic acids is 4. The molecule has 1 aromatic rings. The van der Waals surface area contributed by atoms with Crippen molar-refractivity contribution in [3.05, 3.63) is 35.4 Å². The van der Waals surface area contributed by atoms with Crippen molar-refractivity contribution in [1.82, 2.24) is 15.1 Å². The summed E-state index contributed by atoms with van der Waals surface area (Å²) in [7, 11) is 0. The Hall–Kier alpha value is -2.70. The van der Waals surface area contributed by atoms with Crippen molar-refractivity contribution in [2.24, 2.45) is 0 Å². The lowest BCUT2D eigenvalue weighted by molar-refractivity contribution is -0.132. The minimum Gasteiger partial charge on any atom is -0.345 e. The average Bonchev–Trinajstić information content (AvgIpc) is 3.17. The number of imide groups is 1. The Kier molecular flexibility index (Phi) is 4.10. The number of fused-ring (bicyclic) bond motifs is 1. The van der Waals surface area contributed by atoms with E-state index < -0.39 is 17.7 Å². The van der Waals surface area contributed by atoms with Crippen LogP contribution in [-0.4, -0.2) is 59.6 Å². The minimum absolute atomic E-state index is 0.109. The molecular weight excluding hydrogens is 298 g/mol. The molecule has 23 heavy (non-hydrogen) atoms. The van der Waals surface area contributed by atoms with Gasteiger partial charge in [-0.25, -0.2) is 0 Å². The minimum atomic E-state index is -0.521. The summed E-state index contributed by atoms with van der Waals surface area (Å²) in [6, 6.07) is 6.46. The standard InChI is InChI=1S/C16H17N3O4/c20-13(17-9-14(21)18-7-3-4-8-18)10-19-15(22)11-5-1-2-6-12(11)16(19)23/h1-2,5-6H,3-4,7-10H2,(H,17,20). The van der Waals surface area contributed by atoms with Crippen molar-refractivity contribution in [3.8, 4) is 0 Å². The summed E-state index contributed by atoms with van der Waals surface area (Å²) in [6.45, 7) is 0.946. The molecule has 1 fully saturated rings. The van der Waals surface area contributed by atoms with Gasteiger partial charge in [0.15, 0.2) is 0 Å². The smallest absolute Gasteiger partial charge is 0.262 e. The highest BCUT2D eigenvalue weighted by Gasteiger charge is 2.36. The van der Waals surface area contributed by atoms with Crippen molar-refractivity contribution in [2.75, 3.05) is 26.2 Å². The topological polar surface area (TPSA) is 86.8 Å². The lowest BCUT2D eigenvalue weighted by atomic mass is 10.1. The van der Waals surface area contributed by atoms with Gasteiger partial charge in [0.25, 0.3) is 11.8 Å². The zero-order valence-electron chi connectivity index (χ0n) is 12.6. The largest absolute Gasteiger partial charge is 0.345 e. The molecule has 0 spiro atoms. The zero-order valence-corrected chi connectivity index (χ0v) is 12.6. The van der Waals surface area contributed by atoms with Crippen LogP contribution in [0.15, 0.2) is 24.3 Å². The average molecular weight is 315 g/mol. The summed E-state index contributed by atoms with van der Waals surface area (Å²) in [5, 5.41) is 2.48. The van der Waals surface area contributed by atoms with Gasteiger partial charge in [0, 0.05) is 13.1 Å². The SMILES string of the molecule is O=C(CN1C(=O)c2ccccc2C1=O)NCC(=O)N1CCCC1. The van der Waals surface area contributed by atoms with Crippen molar-refractivity contribution in [1.29, 1.82) is 0 Å². The monoisotopic (exact) mass is 315 g/mol. The third-order valence-corrected chi connectivity index (χ3v) is 4.08. The fourth-order valence-corrected chi connectivity index (χ4v) is 2.83. The summed E-state index contributed by atoms with van der Waals surface area (Å²) >= 11 is 0. The molecule has 3 rings (SSSR count). The first-order chi connectivity index (χ1) is 11.1. The van der Waals surface area contributed by atoms with E-state index in [0.29, 0.717) is 24.2 Å². The molecule has 0 bridgehead atoms. The van der Waals surface area contributed by atoms with Crippen LogP contribution in [0.1, 0.15) is 33.6 Å². The van der Waals surface area contributed by atoms with Crippen LogP contribution in [0.3, 0.4) is 0 Å². The Bertz CT molecular complexity index is 645. The van der Waals surface area contributed by atoms with Crippen molar-refractivity contribution in [3.63, 3.8) is 0 Å². The van der Waals surface area contributed by atoms with Gasteiger partial charge in [0.2, 0.25) is 11.8 Å². The van der Waals surface area contributed by atoms with Crippen LogP contribution >= 0.6 is 0 Å². The molecule has 2 aliphatic heterocycles. The van der Waals surface area contributed by atoms with E-state index in [2.05, 4.69) is 5.32 Å². The predicted octanol–water partition coefficient (Wildman–Crippen LogP) is 0.0212. The number of likely N-dealkylation sites (tertiary alicyclic amines) is 1. The Morgan fingerprint density at radius 2 is 1.57 bits per heavy atom. The molecule has 0 atom stereocenters. The molecule has 0 unspecified atom stereocenters. The van der Waals surface area contributed by atoms with Crippen LogP contribution in [0.5, 0.6) is 0 Å². The Morgan fingerprint density at radius 1 is 1.00 bits per heavy atom. The van der Waals surface area contributed by atoms with Crippen LogP contribution in [0.4, 0.5) is 0 Å². The van der Waals surface area contributed by atoms with E-state index >= 15 is 0 Å². The summed E-state index contributed by atoms with van der Waals surface area (Å²) < 4.78 is 0. The van der Waals surface area contributed by atoms with Gasteiger partial charge >= 0.3 is 0 Å². The molecule has 0 radical (unpaired) electrons. The summed E-state index contributed by atoms with van der Waals surface area (Å²) in [5.41, 5.74) is 0.608. The molecule has 0 saturated carbocycles. The van der Waals surface area contributed by atoms with Crippen LogP contribution in [0, 0.1) is 0 Å². The van der Waals surface area contributed by atoms with Crippen molar-refractivity contribution in [2.45, 2.75) is 12.8 Å². The Morgan fingerprint density at radius 3 is 2.13 bits per heavy atom. The molecule has 2 heterocycles. The maximum absolute atomic E-state index is 12.1. The van der Waals surface area contributed by atoms with E-state index in [1.165, 1.54) is 0 Å². The van der Waals surface area contributed by atoms with Gasteiger partial charge in [-0.3, -0.25) is 24.1 Å². The highest BCUT2D eigenvalue weighted by atomic mass is 16.2. The number of hydrogen-bond acceptors (Lipinski definition) is 4. The maximum Gasteiger partial charge on any atom is 0.262 e. The van der Waals surface area contributed by atoms with Gasteiger partial charge in [-0.1, -0.05) is 12.1 Å². The van der Waals surface area contributed by atoms with Crippen LogP contribution in [-0.2, 0) is 9.59 Å². The Balaban J connectivity index is 1.55. The van der Waals surface area contributed by atoms with Gasteiger partial charge in [-0.15, -0.1) is 0 Å². The van der Waals surface area contributed by atoms with Crippen molar-refractivity contribution < 1.29 is 19.2 Å². The number of nitrogens with one attached hydrogen (secondary N) is 1. The highest BCUT2D eigenvalue weighted by molar-refractivity contribution is 6.22. The highest BCUT2D eigenvalue weighted by Crippen LogP contribution is 2.21. The van der Waals surface area contributed by atoms with Gasteiger partial charge in [0.1, 0.15) is 6.54 Å². The third-order valence-electron chi connectivity index (χ3n) is 4.08. The first kappa shape index (κ1) is 15.2. The van der Waals surface area contributed by atoms with Gasteiger partial charge in [-0.05, 0) is 25.0 Å². The second-order valence-corrected chi connectivity index (χ2v) is 5.61. The molecule has 1 N–H and O–H groups in total. The summed E-state index contributed by atoms with van der Waals surface area (Å²) in [6.07, 6.45) is 1.96. The molecule has 0 aromatic heterocycles. The summed E-state index contributed by atoms with van der Waals surface area (Å²) in [4.78, 5) is 50.7. The second kappa shape index (κ2) is 6.20. The zero-order chi connectivity index (χ0) is 16.4. The predicted molar refractivity (Wildman–Crippen MR) is 80.6 cm³/mol. The number of benzene rings is 1. The van der Waals surface area contributed by atoms with Gasteiger partial charge < -0.3 is 10.2 Å². The second-order valence-electron chi connectivity index (χ2n) is 5.61. The van der Waals surface area contributed by atoms with Crippen LogP contribution < -0.4 is 5.32 Å². The lowest BCUT2D eigenvalue weighted by Gasteiger charge is -2.17. The van der Waals surface area contributed by atoms with Crippen LogP contribution in [0.25, 0.3) is 0 Å². The summed E-state index contributed by atoms with van der Waals surface area (Å²) in [5.74, 6) is -1.62. The van der Waals surface area contributed by atoms with E-state index in [-0.39, 0.29) is 19.0 Å². The molecule has 0 aliphatic carbocycles. The quantitative estimate of drug-likeness (QED) is 0.794. The number of amides is 4. The fraction of sp³-hybridized carbons (Fsp3) is 0.375.